The molecule has 28 heavy (non-hydrogen) atoms. The van der Waals surface area contributed by atoms with E-state index in [1.54, 1.807) is 0 Å². The average molecular weight is 393 g/mol. The van der Waals surface area contributed by atoms with Crippen molar-refractivity contribution in [3.63, 3.8) is 0 Å². The molecular formula is C19H18F3N3O3. The molecule has 9 heteroatoms. The standard InChI is InChI=1S/C19H18F3N3O3/c20-19(21,22)12-2-1-3-13(8-12)25-15(11-4-5-11)14(9-24-25)16(26)23-10-18(6-7-18)17(27)28/h1-3,8-9,11H,4-7,10H2,(H,23,26)(H,27,28). The number of amides is 1. The number of alkyl halides is 3. The topological polar surface area (TPSA) is 84.2 Å². The Morgan fingerprint density at radius 3 is 2.57 bits per heavy atom. The molecule has 2 aliphatic carbocycles. The number of benzene rings is 1. The summed E-state index contributed by atoms with van der Waals surface area (Å²) in [6, 6.07) is 4.81. The maximum atomic E-state index is 13.0. The Bertz CT molecular complexity index is 943. The van der Waals surface area contributed by atoms with Crippen molar-refractivity contribution < 1.29 is 27.9 Å². The van der Waals surface area contributed by atoms with Gasteiger partial charge in [0.2, 0.25) is 0 Å². The highest BCUT2D eigenvalue weighted by Gasteiger charge is 2.50. The third-order valence-electron chi connectivity index (χ3n) is 5.33. The van der Waals surface area contributed by atoms with Gasteiger partial charge in [0.1, 0.15) is 0 Å². The van der Waals surface area contributed by atoms with Gasteiger partial charge in [0.05, 0.1) is 34.1 Å². The van der Waals surface area contributed by atoms with Crippen molar-refractivity contribution in [1.82, 2.24) is 15.1 Å². The molecule has 0 aliphatic heterocycles. The molecular weight excluding hydrogens is 375 g/mol. The van der Waals surface area contributed by atoms with Crippen LogP contribution in [0, 0.1) is 5.41 Å². The normalized spacial score (nSPS) is 18.0. The molecule has 4 rings (SSSR count). The minimum absolute atomic E-state index is 0.0278. The Morgan fingerprint density at radius 2 is 2.00 bits per heavy atom. The van der Waals surface area contributed by atoms with E-state index in [0.29, 0.717) is 18.5 Å². The van der Waals surface area contributed by atoms with Crippen LogP contribution in [0.1, 0.15) is 53.2 Å². The number of carbonyl (C=O) groups excluding carboxylic acids is 1. The summed E-state index contributed by atoms with van der Waals surface area (Å²) in [4.78, 5) is 23.9. The number of aliphatic carboxylic acids is 1. The molecule has 0 atom stereocenters. The Morgan fingerprint density at radius 1 is 1.29 bits per heavy atom. The summed E-state index contributed by atoms with van der Waals surface area (Å²) in [6.45, 7) is 0.0278. The molecule has 148 valence electrons. The number of carbonyl (C=O) groups is 2. The van der Waals surface area contributed by atoms with E-state index in [1.807, 2.05) is 0 Å². The third kappa shape index (κ3) is 3.36. The van der Waals surface area contributed by atoms with Gasteiger partial charge in [-0.05, 0) is 43.9 Å². The van der Waals surface area contributed by atoms with Crippen molar-refractivity contribution in [3.05, 3.63) is 47.3 Å². The lowest BCUT2D eigenvalue weighted by Crippen LogP contribution is -2.34. The largest absolute Gasteiger partial charge is 0.481 e. The summed E-state index contributed by atoms with van der Waals surface area (Å²) in [7, 11) is 0. The van der Waals surface area contributed by atoms with Crippen molar-refractivity contribution in [2.24, 2.45) is 5.41 Å². The molecule has 1 aromatic heterocycles. The number of carboxylic acid groups (broad SMARTS) is 1. The zero-order valence-electron chi connectivity index (χ0n) is 14.8. The highest BCUT2D eigenvalue weighted by atomic mass is 19.4. The van der Waals surface area contributed by atoms with Crippen LogP contribution in [0.2, 0.25) is 0 Å². The number of hydrogen-bond acceptors (Lipinski definition) is 3. The molecule has 2 aromatic rings. The van der Waals surface area contributed by atoms with Gasteiger partial charge in [-0.25, -0.2) is 4.68 Å². The quantitative estimate of drug-likeness (QED) is 0.788. The number of nitrogens with zero attached hydrogens (tertiary/aromatic N) is 2. The Hall–Kier alpha value is -2.84. The van der Waals surface area contributed by atoms with Crippen LogP contribution in [0.3, 0.4) is 0 Å². The van der Waals surface area contributed by atoms with E-state index >= 15 is 0 Å². The summed E-state index contributed by atoms with van der Waals surface area (Å²) in [5.74, 6) is -1.34. The Labute approximate surface area is 158 Å². The van der Waals surface area contributed by atoms with E-state index in [2.05, 4.69) is 10.4 Å². The predicted molar refractivity (Wildman–Crippen MR) is 92.2 cm³/mol. The van der Waals surface area contributed by atoms with Gasteiger partial charge in [-0.1, -0.05) is 6.07 Å². The summed E-state index contributed by atoms with van der Waals surface area (Å²) in [5, 5.41) is 16.0. The molecule has 2 N–H and O–H groups in total. The van der Waals surface area contributed by atoms with Crippen molar-refractivity contribution in [3.8, 4) is 5.69 Å². The van der Waals surface area contributed by atoms with E-state index in [0.717, 1.165) is 25.0 Å². The number of hydrogen-bond donors (Lipinski definition) is 2. The fraction of sp³-hybridized carbons (Fsp3) is 0.421. The summed E-state index contributed by atoms with van der Waals surface area (Å²) in [5.41, 5.74) is -0.602. The second-order valence-electron chi connectivity index (χ2n) is 7.45. The van der Waals surface area contributed by atoms with Crippen LogP contribution in [0.15, 0.2) is 30.5 Å². The molecule has 0 unspecified atom stereocenters. The zero-order valence-corrected chi connectivity index (χ0v) is 14.8. The molecule has 2 saturated carbocycles. The van der Waals surface area contributed by atoms with E-state index in [9.17, 15) is 27.9 Å². The van der Waals surface area contributed by atoms with E-state index < -0.39 is 29.0 Å². The number of halogens is 3. The fourth-order valence-corrected chi connectivity index (χ4v) is 3.26. The van der Waals surface area contributed by atoms with Gasteiger partial charge < -0.3 is 10.4 Å². The van der Waals surface area contributed by atoms with Gasteiger partial charge >= 0.3 is 12.1 Å². The Balaban J connectivity index is 1.62. The maximum absolute atomic E-state index is 13.0. The monoisotopic (exact) mass is 393 g/mol. The van der Waals surface area contributed by atoms with Gasteiger partial charge in [-0.3, -0.25) is 9.59 Å². The molecule has 0 radical (unpaired) electrons. The van der Waals surface area contributed by atoms with Crippen molar-refractivity contribution in [2.75, 3.05) is 6.54 Å². The highest BCUT2D eigenvalue weighted by Crippen LogP contribution is 2.46. The first-order valence-corrected chi connectivity index (χ1v) is 8.98. The summed E-state index contributed by atoms with van der Waals surface area (Å²) >= 11 is 0. The maximum Gasteiger partial charge on any atom is 0.416 e. The molecule has 0 spiro atoms. The van der Waals surface area contributed by atoms with Gasteiger partial charge in [0.15, 0.2) is 0 Å². The second kappa shape index (κ2) is 6.35. The van der Waals surface area contributed by atoms with Crippen LogP contribution in [-0.2, 0) is 11.0 Å². The Kier molecular flexibility index (Phi) is 4.20. The first-order valence-electron chi connectivity index (χ1n) is 8.98. The molecule has 1 heterocycles. The summed E-state index contributed by atoms with van der Waals surface area (Å²) in [6.07, 6.45) is -0.459. The number of nitrogens with one attached hydrogen (secondary N) is 1. The van der Waals surface area contributed by atoms with Crippen LogP contribution >= 0.6 is 0 Å². The molecule has 1 aromatic carbocycles. The predicted octanol–water partition coefficient (Wildman–Crippen LogP) is 3.36. The van der Waals surface area contributed by atoms with Crippen molar-refractivity contribution >= 4 is 11.9 Å². The van der Waals surface area contributed by atoms with Gasteiger partial charge in [0, 0.05) is 12.5 Å². The van der Waals surface area contributed by atoms with Crippen molar-refractivity contribution in [1.29, 1.82) is 0 Å². The average Bonchev–Trinajstić information content (AvgIpc) is 3.57. The van der Waals surface area contributed by atoms with Gasteiger partial charge in [-0.2, -0.15) is 18.3 Å². The highest BCUT2D eigenvalue weighted by molar-refractivity contribution is 5.96. The lowest BCUT2D eigenvalue weighted by molar-refractivity contribution is -0.143. The molecule has 0 saturated heterocycles. The lowest BCUT2D eigenvalue weighted by Gasteiger charge is -2.13. The zero-order chi connectivity index (χ0) is 20.1. The first-order chi connectivity index (χ1) is 13.2. The molecule has 0 bridgehead atoms. The molecule has 6 nitrogen and oxygen atoms in total. The van der Waals surface area contributed by atoms with Gasteiger partial charge in [0.25, 0.3) is 5.91 Å². The second-order valence-corrected chi connectivity index (χ2v) is 7.45. The van der Waals surface area contributed by atoms with Crippen LogP contribution in [-0.4, -0.2) is 33.3 Å². The smallest absolute Gasteiger partial charge is 0.416 e. The molecule has 2 aliphatic rings. The number of rotatable bonds is 6. The van der Waals surface area contributed by atoms with E-state index in [1.165, 1.54) is 23.0 Å². The van der Waals surface area contributed by atoms with E-state index in [-0.39, 0.29) is 23.7 Å². The fourth-order valence-electron chi connectivity index (χ4n) is 3.26. The lowest BCUT2D eigenvalue weighted by atomic mass is 10.1. The number of carboxylic acids is 1. The third-order valence-corrected chi connectivity index (χ3v) is 5.33. The van der Waals surface area contributed by atoms with Crippen LogP contribution in [0.25, 0.3) is 5.69 Å². The van der Waals surface area contributed by atoms with Crippen LogP contribution < -0.4 is 5.32 Å². The van der Waals surface area contributed by atoms with Crippen LogP contribution in [0.4, 0.5) is 13.2 Å². The van der Waals surface area contributed by atoms with Gasteiger partial charge in [-0.15, -0.1) is 0 Å². The van der Waals surface area contributed by atoms with E-state index in [4.69, 9.17) is 0 Å². The summed E-state index contributed by atoms with van der Waals surface area (Å²) < 4.78 is 40.5. The minimum atomic E-state index is -4.47. The first kappa shape index (κ1) is 18.5. The molecule has 2 fully saturated rings. The SMILES string of the molecule is O=C(NCC1(C(=O)O)CC1)c1cnn(-c2cccc(C(F)(F)F)c2)c1C1CC1. The van der Waals surface area contributed by atoms with Crippen LogP contribution in [0.5, 0.6) is 0 Å². The molecule has 1 amide bonds. The number of aromatic nitrogens is 2. The minimum Gasteiger partial charge on any atom is -0.481 e. The van der Waals surface area contributed by atoms with Crippen molar-refractivity contribution in [2.45, 2.75) is 37.8 Å².